The predicted octanol–water partition coefficient (Wildman–Crippen LogP) is 6.95. The summed E-state index contributed by atoms with van der Waals surface area (Å²) in [6.45, 7) is 24.1. The second kappa shape index (κ2) is 6.58. The van der Waals surface area contributed by atoms with Crippen molar-refractivity contribution in [1.29, 1.82) is 0 Å². The van der Waals surface area contributed by atoms with E-state index in [4.69, 9.17) is 0 Å². The first-order valence-corrected chi connectivity index (χ1v) is 12.4. The van der Waals surface area contributed by atoms with Gasteiger partial charge in [0.1, 0.15) is 8.07 Å². The van der Waals surface area contributed by atoms with Gasteiger partial charge in [-0.3, -0.25) is 0 Å². The summed E-state index contributed by atoms with van der Waals surface area (Å²) in [7, 11) is -1.89. The van der Waals surface area contributed by atoms with Crippen molar-refractivity contribution in [3.63, 3.8) is 0 Å². The zero-order valence-corrected chi connectivity index (χ0v) is 19.2. The Morgan fingerprint density at radius 2 is 1.40 bits per heavy atom. The molecule has 0 spiro atoms. The first-order valence-electron chi connectivity index (χ1n) is 9.93. The lowest BCUT2D eigenvalue weighted by Gasteiger charge is -2.52. The van der Waals surface area contributed by atoms with Crippen LogP contribution >= 0.6 is 0 Å². The zero-order chi connectivity index (χ0) is 19.2. The number of hydrogen-bond acceptors (Lipinski definition) is 0. The molecule has 138 valence electrons. The molecular formula is C24H38Si. The Bertz CT molecular complexity index is 707. The van der Waals surface area contributed by atoms with E-state index in [-0.39, 0.29) is 10.1 Å². The number of allylic oxidation sites excluding steroid dienone is 4. The molecule has 0 heterocycles. The second-order valence-corrected chi connectivity index (χ2v) is 14.8. The van der Waals surface area contributed by atoms with Crippen molar-refractivity contribution in [2.75, 3.05) is 0 Å². The van der Waals surface area contributed by atoms with Crippen LogP contribution in [0.1, 0.15) is 73.4 Å². The molecule has 0 aromatic heterocycles. The molecule has 1 aliphatic rings. The van der Waals surface area contributed by atoms with E-state index in [0.717, 1.165) is 12.8 Å². The lowest BCUT2D eigenvalue weighted by Crippen LogP contribution is -2.60. The molecular weight excluding hydrogens is 316 g/mol. The van der Waals surface area contributed by atoms with Gasteiger partial charge in [0, 0.05) is 5.04 Å². The molecule has 0 nitrogen and oxygen atoms in total. The van der Waals surface area contributed by atoms with Gasteiger partial charge in [-0.2, -0.15) is 0 Å². The van der Waals surface area contributed by atoms with Crippen LogP contribution in [0.2, 0.25) is 16.6 Å². The van der Waals surface area contributed by atoms with Gasteiger partial charge in [0.25, 0.3) is 0 Å². The minimum absolute atomic E-state index is 0.177. The van der Waals surface area contributed by atoms with E-state index < -0.39 is 8.07 Å². The van der Waals surface area contributed by atoms with Gasteiger partial charge in [-0.1, -0.05) is 88.7 Å². The molecule has 2 unspecified atom stereocenters. The normalized spacial score (nSPS) is 23.7. The molecule has 25 heavy (non-hydrogen) atoms. The highest BCUT2D eigenvalue weighted by atomic mass is 28.3. The van der Waals surface area contributed by atoms with Gasteiger partial charge in [-0.25, -0.2) is 0 Å². The highest BCUT2D eigenvalue weighted by Gasteiger charge is 2.56. The van der Waals surface area contributed by atoms with Crippen molar-refractivity contribution in [3.05, 3.63) is 52.1 Å². The summed E-state index contributed by atoms with van der Waals surface area (Å²) < 4.78 is 0. The summed E-state index contributed by atoms with van der Waals surface area (Å²) >= 11 is 0. The van der Waals surface area contributed by atoms with E-state index in [0.29, 0.717) is 0 Å². The molecule has 0 radical (unpaired) electrons. The van der Waals surface area contributed by atoms with Crippen LogP contribution in [0.3, 0.4) is 0 Å². The van der Waals surface area contributed by atoms with Crippen molar-refractivity contribution in [2.24, 2.45) is 0 Å². The summed E-state index contributed by atoms with van der Waals surface area (Å²) in [5.74, 6) is 0. The molecule has 0 bridgehead atoms. The zero-order valence-electron chi connectivity index (χ0n) is 18.2. The highest BCUT2D eigenvalue weighted by molar-refractivity contribution is 6.96. The van der Waals surface area contributed by atoms with Crippen molar-refractivity contribution in [3.8, 4) is 0 Å². The van der Waals surface area contributed by atoms with E-state index in [2.05, 4.69) is 93.1 Å². The van der Waals surface area contributed by atoms with Gasteiger partial charge < -0.3 is 0 Å². The minimum Gasteiger partial charge on any atom is -0.0737 e. The average Bonchev–Trinajstić information content (AvgIpc) is 2.76. The molecule has 2 atom stereocenters. The fraction of sp³-hybridized carbons (Fsp3) is 0.583. The summed E-state index contributed by atoms with van der Waals surface area (Å²) in [5, 5.41) is 2.09. The van der Waals surface area contributed by atoms with Gasteiger partial charge in [-0.15, -0.1) is 0 Å². The molecule has 0 amide bonds. The molecule has 1 aromatic rings. The van der Waals surface area contributed by atoms with Crippen molar-refractivity contribution in [1.82, 2.24) is 0 Å². The standard InChI is InChI=1S/C24H38Si/c1-11-20-13-21(12-2)15-22(14-20)25(10,23(6,7)8)24(9)16-17(3)18(4)19(24)5/h13-16H,11-12H2,1-10H3. The predicted molar refractivity (Wildman–Crippen MR) is 117 cm³/mol. The summed E-state index contributed by atoms with van der Waals surface area (Å²) in [6.07, 6.45) is 4.84. The van der Waals surface area contributed by atoms with Crippen molar-refractivity contribution in [2.45, 2.75) is 91.8 Å². The van der Waals surface area contributed by atoms with E-state index >= 15 is 0 Å². The Balaban J connectivity index is 2.83. The van der Waals surface area contributed by atoms with Crippen LogP contribution in [-0.2, 0) is 12.8 Å². The SMILES string of the molecule is CCc1cc(CC)cc([Si](C)(C(C)(C)C)C2(C)C=C(C)C(C)=C2C)c1. The van der Waals surface area contributed by atoms with Crippen LogP contribution in [0.25, 0.3) is 0 Å². The van der Waals surface area contributed by atoms with Crippen LogP contribution in [0.4, 0.5) is 0 Å². The molecule has 2 rings (SSSR count). The molecule has 0 saturated heterocycles. The Hall–Kier alpha value is -1.08. The van der Waals surface area contributed by atoms with Gasteiger partial charge in [0.05, 0.1) is 0 Å². The van der Waals surface area contributed by atoms with Crippen LogP contribution in [-0.4, -0.2) is 8.07 Å². The summed E-state index contributed by atoms with van der Waals surface area (Å²) in [5.41, 5.74) is 7.57. The highest BCUT2D eigenvalue weighted by Crippen LogP contribution is 2.60. The molecule has 1 heteroatoms. The van der Waals surface area contributed by atoms with E-state index in [9.17, 15) is 0 Å². The van der Waals surface area contributed by atoms with Gasteiger partial charge in [0.15, 0.2) is 0 Å². The number of benzene rings is 1. The molecule has 0 saturated carbocycles. The van der Waals surface area contributed by atoms with Crippen LogP contribution in [0.5, 0.6) is 0 Å². The van der Waals surface area contributed by atoms with Crippen molar-refractivity contribution < 1.29 is 0 Å². The lowest BCUT2D eigenvalue weighted by atomic mass is 10.0. The van der Waals surface area contributed by atoms with Crippen LogP contribution in [0, 0.1) is 0 Å². The molecule has 1 aromatic carbocycles. The maximum absolute atomic E-state index is 2.63. The smallest absolute Gasteiger partial charge is 0.0737 e. The van der Waals surface area contributed by atoms with Gasteiger partial charge in [0.2, 0.25) is 0 Å². The number of rotatable bonds is 4. The molecule has 0 fully saturated rings. The maximum Gasteiger partial charge on any atom is 0.103 e. The monoisotopic (exact) mass is 354 g/mol. The van der Waals surface area contributed by atoms with Crippen LogP contribution < -0.4 is 5.19 Å². The van der Waals surface area contributed by atoms with Gasteiger partial charge in [-0.05, 0) is 55.4 Å². The topological polar surface area (TPSA) is 0 Å². The average molecular weight is 355 g/mol. The fourth-order valence-electron chi connectivity index (χ4n) is 4.83. The first-order chi connectivity index (χ1) is 11.4. The summed E-state index contributed by atoms with van der Waals surface area (Å²) in [6, 6.07) is 7.48. The van der Waals surface area contributed by atoms with E-state index in [1.54, 1.807) is 10.8 Å². The molecule has 0 N–H and O–H groups in total. The number of aryl methyl sites for hydroxylation is 2. The Labute approximate surface area is 157 Å². The van der Waals surface area contributed by atoms with Crippen molar-refractivity contribution >= 4 is 13.3 Å². The maximum atomic E-state index is 2.63. The number of hydrogen-bond donors (Lipinski definition) is 0. The lowest BCUT2D eigenvalue weighted by molar-refractivity contribution is 0.675. The Kier molecular flexibility index (Phi) is 5.32. The first kappa shape index (κ1) is 20.2. The second-order valence-electron chi connectivity index (χ2n) is 9.40. The van der Waals surface area contributed by atoms with E-state index in [1.807, 2.05) is 0 Å². The third kappa shape index (κ3) is 2.99. The van der Waals surface area contributed by atoms with E-state index in [1.165, 1.54) is 22.3 Å². The Morgan fingerprint density at radius 3 is 1.72 bits per heavy atom. The third-order valence-electron chi connectivity index (χ3n) is 7.42. The summed E-state index contributed by atoms with van der Waals surface area (Å²) in [4.78, 5) is 0. The van der Waals surface area contributed by atoms with Gasteiger partial charge >= 0.3 is 0 Å². The third-order valence-corrected chi connectivity index (χ3v) is 14.5. The largest absolute Gasteiger partial charge is 0.103 e. The van der Waals surface area contributed by atoms with Crippen LogP contribution in [0.15, 0.2) is 41.0 Å². The minimum atomic E-state index is -1.89. The molecule has 1 aliphatic carbocycles. The Morgan fingerprint density at radius 1 is 0.920 bits per heavy atom. The quantitative estimate of drug-likeness (QED) is 0.513. The molecule has 0 aliphatic heterocycles. The fourth-order valence-corrected chi connectivity index (χ4v) is 10.2.